The highest BCUT2D eigenvalue weighted by Crippen LogP contribution is 2.29. The van der Waals surface area contributed by atoms with Gasteiger partial charge < -0.3 is 14.8 Å². The summed E-state index contributed by atoms with van der Waals surface area (Å²) in [6.07, 6.45) is 0. The van der Waals surface area contributed by atoms with Gasteiger partial charge in [0.2, 0.25) is 0 Å². The van der Waals surface area contributed by atoms with Crippen LogP contribution >= 0.6 is 12.4 Å². The first-order valence-electron chi connectivity index (χ1n) is 9.43. The molecule has 0 aliphatic heterocycles. The van der Waals surface area contributed by atoms with Gasteiger partial charge in [-0.3, -0.25) is 0 Å². The van der Waals surface area contributed by atoms with Crippen LogP contribution in [0.15, 0.2) is 72.8 Å². The van der Waals surface area contributed by atoms with Gasteiger partial charge in [0.25, 0.3) is 0 Å². The molecule has 0 atom stereocenters. The van der Waals surface area contributed by atoms with Gasteiger partial charge in [0.15, 0.2) is 11.5 Å². The van der Waals surface area contributed by atoms with Gasteiger partial charge in [0.05, 0.1) is 6.61 Å². The maximum atomic E-state index is 6.00. The van der Waals surface area contributed by atoms with Crippen LogP contribution in [0.4, 0.5) is 0 Å². The van der Waals surface area contributed by atoms with Crippen LogP contribution in [0.2, 0.25) is 0 Å². The average molecular weight is 398 g/mol. The molecule has 3 aromatic carbocycles. The summed E-state index contributed by atoms with van der Waals surface area (Å²) in [5, 5.41) is 3.47. The van der Waals surface area contributed by atoms with Gasteiger partial charge in [-0.25, -0.2) is 0 Å². The Labute approximate surface area is 174 Å². The Bertz CT molecular complexity index is 835. The summed E-state index contributed by atoms with van der Waals surface area (Å²) in [4.78, 5) is 0. The molecule has 0 spiro atoms. The highest BCUT2D eigenvalue weighted by molar-refractivity contribution is 5.85. The fourth-order valence-corrected chi connectivity index (χ4v) is 2.84. The monoisotopic (exact) mass is 397 g/mol. The maximum absolute atomic E-state index is 6.00. The lowest BCUT2D eigenvalue weighted by Gasteiger charge is -2.14. The minimum atomic E-state index is 0. The van der Waals surface area contributed by atoms with Crippen LogP contribution in [0, 0.1) is 6.92 Å². The molecule has 3 rings (SSSR count). The van der Waals surface area contributed by atoms with Crippen LogP contribution < -0.4 is 14.8 Å². The van der Waals surface area contributed by atoms with Crippen LogP contribution in [-0.2, 0) is 19.7 Å². The van der Waals surface area contributed by atoms with Crippen molar-refractivity contribution in [1.82, 2.24) is 5.32 Å². The van der Waals surface area contributed by atoms with Crippen molar-refractivity contribution in [3.05, 3.63) is 95.1 Å². The van der Waals surface area contributed by atoms with E-state index in [0.29, 0.717) is 13.2 Å². The Morgan fingerprint density at radius 3 is 2.11 bits per heavy atom. The Morgan fingerprint density at radius 1 is 0.714 bits per heavy atom. The van der Waals surface area contributed by atoms with Gasteiger partial charge in [0.1, 0.15) is 6.61 Å². The molecular formula is C24H28ClNO2. The molecule has 1 N–H and O–H groups in total. The molecule has 0 unspecified atom stereocenters. The number of ether oxygens (including phenoxy) is 2. The minimum absolute atomic E-state index is 0. The van der Waals surface area contributed by atoms with Crippen LogP contribution in [0.1, 0.15) is 29.2 Å². The molecule has 0 amide bonds. The number of aryl methyl sites for hydroxylation is 1. The predicted molar refractivity (Wildman–Crippen MR) is 117 cm³/mol. The molecule has 0 aromatic heterocycles. The largest absolute Gasteiger partial charge is 0.490 e. The molecular weight excluding hydrogens is 370 g/mol. The van der Waals surface area contributed by atoms with Crippen molar-refractivity contribution in [1.29, 1.82) is 0 Å². The lowest BCUT2D eigenvalue weighted by Crippen LogP contribution is -2.12. The highest BCUT2D eigenvalue weighted by Gasteiger charge is 2.07. The molecule has 0 aliphatic rings. The topological polar surface area (TPSA) is 30.5 Å². The molecule has 0 bridgehead atoms. The lowest BCUT2D eigenvalue weighted by atomic mass is 10.1. The van der Waals surface area contributed by atoms with E-state index in [9.17, 15) is 0 Å². The van der Waals surface area contributed by atoms with E-state index in [1.54, 1.807) is 0 Å². The molecule has 28 heavy (non-hydrogen) atoms. The highest BCUT2D eigenvalue weighted by atomic mass is 35.5. The van der Waals surface area contributed by atoms with Gasteiger partial charge in [-0.15, -0.1) is 12.4 Å². The number of hydrogen-bond acceptors (Lipinski definition) is 3. The molecule has 0 heterocycles. The second kappa shape index (κ2) is 11.4. The van der Waals surface area contributed by atoms with Gasteiger partial charge in [-0.05, 0) is 42.7 Å². The van der Waals surface area contributed by atoms with Gasteiger partial charge in [-0.1, -0.05) is 66.2 Å². The van der Waals surface area contributed by atoms with Crippen molar-refractivity contribution in [2.75, 3.05) is 6.61 Å². The van der Waals surface area contributed by atoms with Gasteiger partial charge in [0, 0.05) is 13.1 Å². The van der Waals surface area contributed by atoms with E-state index in [2.05, 4.69) is 72.9 Å². The van der Waals surface area contributed by atoms with E-state index in [-0.39, 0.29) is 12.4 Å². The van der Waals surface area contributed by atoms with Gasteiger partial charge >= 0.3 is 0 Å². The predicted octanol–water partition coefficient (Wildman–Crippen LogP) is 5.68. The molecule has 0 fully saturated rings. The van der Waals surface area contributed by atoms with E-state index >= 15 is 0 Å². The zero-order valence-electron chi connectivity index (χ0n) is 16.5. The Hall–Kier alpha value is -2.49. The number of hydrogen-bond donors (Lipinski definition) is 1. The van der Waals surface area contributed by atoms with Crippen molar-refractivity contribution in [2.24, 2.45) is 0 Å². The molecule has 0 aliphatic carbocycles. The number of halogens is 1. The molecule has 148 valence electrons. The summed E-state index contributed by atoms with van der Waals surface area (Å²) in [5.41, 5.74) is 4.86. The minimum Gasteiger partial charge on any atom is -0.490 e. The summed E-state index contributed by atoms with van der Waals surface area (Å²) < 4.78 is 11.8. The van der Waals surface area contributed by atoms with Crippen molar-refractivity contribution in [3.63, 3.8) is 0 Å². The van der Waals surface area contributed by atoms with Crippen molar-refractivity contribution >= 4 is 12.4 Å². The van der Waals surface area contributed by atoms with E-state index in [1.807, 2.05) is 19.1 Å². The molecule has 3 nitrogen and oxygen atoms in total. The Morgan fingerprint density at radius 2 is 1.39 bits per heavy atom. The number of nitrogens with one attached hydrogen (secondary N) is 1. The molecule has 3 aromatic rings. The third-order valence-corrected chi connectivity index (χ3v) is 4.32. The van der Waals surface area contributed by atoms with E-state index in [4.69, 9.17) is 9.47 Å². The summed E-state index contributed by atoms with van der Waals surface area (Å²) in [6, 6.07) is 24.9. The normalized spacial score (nSPS) is 10.2. The Kier molecular flexibility index (Phi) is 8.86. The second-order valence-electron chi connectivity index (χ2n) is 6.58. The van der Waals surface area contributed by atoms with Crippen LogP contribution in [-0.4, -0.2) is 6.61 Å². The zero-order valence-corrected chi connectivity index (χ0v) is 17.3. The summed E-state index contributed by atoms with van der Waals surface area (Å²) >= 11 is 0. The summed E-state index contributed by atoms with van der Waals surface area (Å²) in [5.74, 6) is 1.58. The van der Waals surface area contributed by atoms with Crippen LogP contribution in [0.3, 0.4) is 0 Å². The average Bonchev–Trinajstić information content (AvgIpc) is 2.70. The third-order valence-electron chi connectivity index (χ3n) is 4.32. The molecule has 4 heteroatoms. The standard InChI is InChI=1S/C24H27NO2.ClH/c1-3-26-24-15-22(17-25-16-20-7-5-4-6-8-20)13-14-23(24)27-18-21-11-9-19(2)10-12-21;/h4-15,25H,3,16-18H2,1-2H3;1H. The van der Waals surface area contributed by atoms with E-state index < -0.39 is 0 Å². The lowest BCUT2D eigenvalue weighted by molar-refractivity contribution is 0.269. The first-order valence-corrected chi connectivity index (χ1v) is 9.43. The Balaban J connectivity index is 0.00000280. The summed E-state index contributed by atoms with van der Waals surface area (Å²) in [6.45, 7) is 6.85. The van der Waals surface area contributed by atoms with Crippen LogP contribution in [0.5, 0.6) is 11.5 Å². The van der Waals surface area contributed by atoms with E-state index in [1.165, 1.54) is 16.7 Å². The molecule has 0 radical (unpaired) electrons. The summed E-state index contributed by atoms with van der Waals surface area (Å²) in [7, 11) is 0. The fourth-order valence-electron chi connectivity index (χ4n) is 2.84. The molecule has 0 saturated carbocycles. The second-order valence-corrected chi connectivity index (χ2v) is 6.58. The maximum Gasteiger partial charge on any atom is 0.161 e. The molecule has 0 saturated heterocycles. The SMILES string of the molecule is CCOc1cc(CNCc2ccccc2)ccc1OCc1ccc(C)cc1.Cl. The third kappa shape index (κ3) is 6.59. The number of benzene rings is 3. The quantitative estimate of drug-likeness (QED) is 0.503. The fraction of sp³-hybridized carbons (Fsp3) is 0.250. The number of rotatable bonds is 9. The zero-order chi connectivity index (χ0) is 18.9. The first-order chi connectivity index (χ1) is 13.2. The smallest absolute Gasteiger partial charge is 0.161 e. The van der Waals surface area contributed by atoms with Gasteiger partial charge in [-0.2, -0.15) is 0 Å². The van der Waals surface area contributed by atoms with Crippen LogP contribution in [0.25, 0.3) is 0 Å². The van der Waals surface area contributed by atoms with Crippen molar-refractivity contribution in [2.45, 2.75) is 33.5 Å². The van der Waals surface area contributed by atoms with E-state index in [0.717, 1.165) is 30.2 Å². The van der Waals surface area contributed by atoms with Crippen molar-refractivity contribution < 1.29 is 9.47 Å². The first kappa shape index (κ1) is 21.8. The van der Waals surface area contributed by atoms with Crippen molar-refractivity contribution in [3.8, 4) is 11.5 Å².